The maximum Gasteiger partial charge on any atom is 0.123 e. The fourth-order valence-electron chi connectivity index (χ4n) is 2.65. The summed E-state index contributed by atoms with van der Waals surface area (Å²) in [6.07, 6.45) is 3.53. The smallest absolute Gasteiger partial charge is 0.123 e. The third-order valence-electron chi connectivity index (χ3n) is 4.21. The molecule has 0 saturated heterocycles. The van der Waals surface area contributed by atoms with Gasteiger partial charge in [-0.1, -0.05) is 13.8 Å². The van der Waals surface area contributed by atoms with Crippen LogP contribution in [-0.2, 0) is 11.3 Å². The lowest BCUT2D eigenvalue weighted by Gasteiger charge is -2.32. The highest BCUT2D eigenvalue weighted by molar-refractivity contribution is 5.37. The quantitative estimate of drug-likeness (QED) is 0.822. The van der Waals surface area contributed by atoms with Crippen molar-refractivity contribution in [1.82, 2.24) is 0 Å². The molecule has 3 atom stereocenters. The predicted octanol–water partition coefficient (Wildman–Crippen LogP) is 4.04. The molecule has 0 N–H and O–H groups in total. The Morgan fingerprint density at radius 1 is 1.32 bits per heavy atom. The first-order valence-corrected chi connectivity index (χ1v) is 6.90. The van der Waals surface area contributed by atoms with Crippen molar-refractivity contribution in [2.75, 3.05) is 0 Å². The zero-order valence-corrected chi connectivity index (χ0v) is 11.5. The zero-order chi connectivity index (χ0) is 13.8. The second-order valence-corrected chi connectivity index (χ2v) is 5.61. The number of hydrogen-bond donors (Lipinski definition) is 0. The van der Waals surface area contributed by atoms with Gasteiger partial charge < -0.3 is 4.74 Å². The number of nitriles is 1. The third-order valence-corrected chi connectivity index (χ3v) is 4.21. The summed E-state index contributed by atoms with van der Waals surface area (Å²) in [6, 6.07) is 6.30. The molecular weight excluding hydrogens is 241 g/mol. The molecule has 1 aromatic carbocycles. The molecule has 1 aliphatic carbocycles. The van der Waals surface area contributed by atoms with Crippen LogP contribution in [0.1, 0.15) is 44.2 Å². The molecule has 0 spiro atoms. The number of halogens is 1. The van der Waals surface area contributed by atoms with E-state index in [0.29, 0.717) is 23.7 Å². The topological polar surface area (TPSA) is 33.0 Å². The molecule has 2 nitrogen and oxygen atoms in total. The number of hydrogen-bond acceptors (Lipinski definition) is 2. The Bertz CT molecular complexity index is 480. The van der Waals surface area contributed by atoms with Crippen molar-refractivity contribution in [2.45, 2.75) is 45.8 Å². The molecule has 1 aromatic rings. The summed E-state index contributed by atoms with van der Waals surface area (Å²) in [7, 11) is 0. The van der Waals surface area contributed by atoms with Crippen LogP contribution in [0.2, 0.25) is 0 Å². The summed E-state index contributed by atoms with van der Waals surface area (Å²) < 4.78 is 19.1. The lowest BCUT2D eigenvalue weighted by molar-refractivity contribution is -0.00760. The van der Waals surface area contributed by atoms with Crippen molar-refractivity contribution in [2.24, 2.45) is 11.8 Å². The summed E-state index contributed by atoms with van der Waals surface area (Å²) in [6.45, 7) is 4.86. The maximum atomic E-state index is 13.2. The van der Waals surface area contributed by atoms with E-state index in [1.165, 1.54) is 24.6 Å². The largest absolute Gasteiger partial charge is 0.373 e. The van der Waals surface area contributed by atoms with E-state index in [-0.39, 0.29) is 11.9 Å². The van der Waals surface area contributed by atoms with Crippen LogP contribution in [0.3, 0.4) is 0 Å². The van der Waals surface area contributed by atoms with Crippen LogP contribution in [0.25, 0.3) is 0 Å². The molecular formula is C16H20FNO. The highest BCUT2D eigenvalue weighted by Gasteiger charge is 2.25. The molecule has 1 aliphatic rings. The van der Waals surface area contributed by atoms with Crippen molar-refractivity contribution in [1.29, 1.82) is 5.26 Å². The monoisotopic (exact) mass is 261 g/mol. The maximum absolute atomic E-state index is 13.2. The van der Waals surface area contributed by atoms with Gasteiger partial charge in [-0.3, -0.25) is 0 Å². The molecule has 3 heteroatoms. The summed E-state index contributed by atoms with van der Waals surface area (Å²) in [5, 5.41) is 9.00. The van der Waals surface area contributed by atoms with Crippen molar-refractivity contribution >= 4 is 0 Å². The van der Waals surface area contributed by atoms with Gasteiger partial charge in [-0.2, -0.15) is 5.26 Å². The molecule has 1 fully saturated rings. The average molecular weight is 261 g/mol. The van der Waals surface area contributed by atoms with Gasteiger partial charge in [0.15, 0.2) is 0 Å². The SMILES string of the molecule is CC1CCC(OCc2cc(F)ccc2C#N)CC1C. The highest BCUT2D eigenvalue weighted by Crippen LogP contribution is 2.31. The van der Waals surface area contributed by atoms with Crippen LogP contribution in [0.4, 0.5) is 4.39 Å². The summed E-state index contributed by atoms with van der Waals surface area (Å²) >= 11 is 0. The van der Waals surface area contributed by atoms with Gasteiger partial charge in [-0.15, -0.1) is 0 Å². The van der Waals surface area contributed by atoms with E-state index in [0.717, 1.165) is 18.8 Å². The molecule has 0 amide bonds. The van der Waals surface area contributed by atoms with E-state index >= 15 is 0 Å². The number of rotatable bonds is 3. The number of nitrogens with zero attached hydrogens (tertiary/aromatic N) is 1. The second kappa shape index (κ2) is 6.16. The van der Waals surface area contributed by atoms with E-state index in [9.17, 15) is 4.39 Å². The Kier molecular flexibility index (Phi) is 4.55. The first-order valence-electron chi connectivity index (χ1n) is 6.90. The zero-order valence-electron chi connectivity index (χ0n) is 11.5. The number of ether oxygens (including phenoxy) is 1. The highest BCUT2D eigenvalue weighted by atomic mass is 19.1. The summed E-state index contributed by atoms with van der Waals surface area (Å²) in [5.41, 5.74) is 1.15. The van der Waals surface area contributed by atoms with Crippen LogP contribution in [0.5, 0.6) is 0 Å². The third kappa shape index (κ3) is 3.54. The lowest BCUT2D eigenvalue weighted by Crippen LogP contribution is -2.26. The van der Waals surface area contributed by atoms with E-state index in [4.69, 9.17) is 10.00 Å². The van der Waals surface area contributed by atoms with E-state index in [1.807, 2.05) is 0 Å². The van der Waals surface area contributed by atoms with Crippen molar-refractivity contribution in [3.05, 3.63) is 35.1 Å². The van der Waals surface area contributed by atoms with Crippen LogP contribution < -0.4 is 0 Å². The van der Waals surface area contributed by atoms with Gasteiger partial charge in [0.05, 0.1) is 24.3 Å². The predicted molar refractivity (Wildman–Crippen MR) is 71.9 cm³/mol. The van der Waals surface area contributed by atoms with Crippen molar-refractivity contribution < 1.29 is 9.13 Å². The normalized spacial score (nSPS) is 26.9. The fraction of sp³-hybridized carbons (Fsp3) is 0.562. The first kappa shape index (κ1) is 14.0. The van der Waals surface area contributed by atoms with E-state index < -0.39 is 0 Å². The second-order valence-electron chi connectivity index (χ2n) is 5.61. The minimum absolute atomic E-state index is 0.237. The lowest BCUT2D eigenvalue weighted by atomic mass is 9.80. The Morgan fingerprint density at radius 3 is 2.79 bits per heavy atom. The van der Waals surface area contributed by atoms with Gasteiger partial charge in [-0.25, -0.2) is 4.39 Å². The number of benzene rings is 1. The first-order chi connectivity index (χ1) is 9.10. The average Bonchev–Trinajstić information content (AvgIpc) is 2.40. The van der Waals surface area contributed by atoms with Crippen LogP contribution in [0, 0.1) is 29.0 Å². The van der Waals surface area contributed by atoms with E-state index in [2.05, 4.69) is 19.9 Å². The van der Waals surface area contributed by atoms with Crippen LogP contribution in [-0.4, -0.2) is 6.10 Å². The Hall–Kier alpha value is -1.40. The Balaban J connectivity index is 1.96. The van der Waals surface area contributed by atoms with Crippen molar-refractivity contribution in [3.63, 3.8) is 0 Å². The molecule has 0 radical (unpaired) electrons. The summed E-state index contributed by atoms with van der Waals surface area (Å²) in [4.78, 5) is 0. The molecule has 2 rings (SSSR count). The van der Waals surface area contributed by atoms with Crippen LogP contribution in [0.15, 0.2) is 18.2 Å². The van der Waals surface area contributed by atoms with Gasteiger partial charge in [0.2, 0.25) is 0 Å². The minimum atomic E-state index is -0.316. The van der Waals surface area contributed by atoms with E-state index in [1.54, 1.807) is 0 Å². The molecule has 0 bridgehead atoms. The van der Waals surface area contributed by atoms with Gasteiger partial charge >= 0.3 is 0 Å². The van der Waals surface area contributed by atoms with Gasteiger partial charge in [0.1, 0.15) is 5.82 Å². The van der Waals surface area contributed by atoms with Gasteiger partial charge in [-0.05, 0) is 54.9 Å². The molecule has 0 aliphatic heterocycles. The molecule has 19 heavy (non-hydrogen) atoms. The molecule has 3 unspecified atom stereocenters. The van der Waals surface area contributed by atoms with Crippen molar-refractivity contribution in [3.8, 4) is 6.07 Å². The Morgan fingerprint density at radius 2 is 2.11 bits per heavy atom. The molecule has 0 aromatic heterocycles. The molecule has 102 valence electrons. The van der Waals surface area contributed by atoms with Crippen LogP contribution >= 0.6 is 0 Å². The fourth-order valence-corrected chi connectivity index (χ4v) is 2.65. The molecule has 1 saturated carbocycles. The Labute approximate surface area is 114 Å². The molecule has 0 heterocycles. The van der Waals surface area contributed by atoms with Gasteiger partial charge in [0.25, 0.3) is 0 Å². The summed E-state index contributed by atoms with van der Waals surface area (Å²) in [5.74, 6) is 1.11. The minimum Gasteiger partial charge on any atom is -0.373 e. The standard InChI is InChI=1S/C16H20FNO/c1-11-3-6-16(7-12(11)2)19-10-14-8-15(17)5-4-13(14)9-18/h4-5,8,11-12,16H,3,6-7,10H2,1-2H3. The van der Waals surface area contributed by atoms with Gasteiger partial charge in [0, 0.05) is 0 Å².